The maximum Gasteiger partial charge on any atom is 0.268 e. The normalized spacial score (nSPS) is 10.5. The van der Waals surface area contributed by atoms with Crippen LogP contribution in [-0.4, -0.2) is 16.8 Å². The third-order valence-corrected chi connectivity index (χ3v) is 2.88. The average Bonchev–Trinajstić information content (AvgIpc) is 2.35. The summed E-state index contributed by atoms with van der Waals surface area (Å²) in [6.45, 7) is 2.95. The molecule has 0 saturated heterocycles. The molecule has 96 valence electrons. The maximum atomic E-state index is 11.6. The van der Waals surface area contributed by atoms with Gasteiger partial charge >= 0.3 is 0 Å². The van der Waals surface area contributed by atoms with Crippen LogP contribution < -0.4 is 10.9 Å². The largest absolute Gasteiger partial charge is 0.387 e. The summed E-state index contributed by atoms with van der Waals surface area (Å²) >= 11 is 0. The van der Waals surface area contributed by atoms with Gasteiger partial charge < -0.3 is 5.32 Å². The van der Waals surface area contributed by atoms with Gasteiger partial charge in [-0.1, -0.05) is 39.0 Å². The highest BCUT2D eigenvalue weighted by molar-refractivity contribution is 5.37. The van der Waals surface area contributed by atoms with Crippen molar-refractivity contribution in [2.45, 2.75) is 52.0 Å². The van der Waals surface area contributed by atoms with Gasteiger partial charge in [0.05, 0.1) is 11.9 Å². The lowest BCUT2D eigenvalue weighted by molar-refractivity contribution is 0.509. The monoisotopic (exact) mass is 237 g/mol. The lowest BCUT2D eigenvalue weighted by Crippen LogP contribution is -2.22. The van der Waals surface area contributed by atoms with Crippen LogP contribution >= 0.6 is 0 Å². The van der Waals surface area contributed by atoms with Gasteiger partial charge in [-0.2, -0.15) is 5.10 Å². The van der Waals surface area contributed by atoms with Crippen LogP contribution in [0.5, 0.6) is 0 Å². The van der Waals surface area contributed by atoms with Gasteiger partial charge in [-0.3, -0.25) is 4.79 Å². The quantitative estimate of drug-likeness (QED) is 0.707. The SMILES string of the molecule is CCCCCCCCn1ncc(NC)cc1=O. The Labute approximate surface area is 103 Å². The van der Waals surface area contributed by atoms with E-state index in [2.05, 4.69) is 17.3 Å². The fourth-order valence-electron chi connectivity index (χ4n) is 1.78. The Balaban J connectivity index is 2.29. The van der Waals surface area contributed by atoms with Crippen molar-refractivity contribution in [3.8, 4) is 0 Å². The molecular weight excluding hydrogens is 214 g/mol. The van der Waals surface area contributed by atoms with Crippen LogP contribution in [0.1, 0.15) is 45.4 Å². The Hall–Kier alpha value is -1.32. The number of nitrogens with one attached hydrogen (secondary N) is 1. The molecule has 4 nitrogen and oxygen atoms in total. The van der Waals surface area contributed by atoms with E-state index in [1.807, 2.05) is 0 Å². The average molecular weight is 237 g/mol. The molecule has 1 heterocycles. The first-order chi connectivity index (χ1) is 8.27. The molecule has 0 spiro atoms. The van der Waals surface area contributed by atoms with E-state index in [0.29, 0.717) is 0 Å². The zero-order valence-electron chi connectivity index (χ0n) is 10.9. The molecule has 0 aliphatic heterocycles. The topological polar surface area (TPSA) is 46.9 Å². The number of hydrogen-bond donors (Lipinski definition) is 1. The number of unbranched alkanes of at least 4 members (excludes halogenated alkanes) is 5. The Morgan fingerprint density at radius 2 is 1.94 bits per heavy atom. The van der Waals surface area contributed by atoms with Gasteiger partial charge in [-0.15, -0.1) is 0 Å². The predicted molar refractivity (Wildman–Crippen MR) is 71.4 cm³/mol. The molecule has 1 aromatic rings. The predicted octanol–water partition coefficient (Wildman–Crippen LogP) is 2.65. The molecule has 4 heteroatoms. The number of aromatic nitrogens is 2. The van der Waals surface area contributed by atoms with E-state index in [1.54, 1.807) is 24.0 Å². The van der Waals surface area contributed by atoms with Gasteiger partial charge in [0.1, 0.15) is 0 Å². The second-order valence-corrected chi connectivity index (χ2v) is 4.32. The summed E-state index contributed by atoms with van der Waals surface area (Å²) in [7, 11) is 1.79. The third kappa shape index (κ3) is 5.02. The van der Waals surface area contributed by atoms with Gasteiger partial charge in [-0.25, -0.2) is 4.68 Å². The molecule has 0 unspecified atom stereocenters. The van der Waals surface area contributed by atoms with Crippen molar-refractivity contribution in [1.29, 1.82) is 0 Å². The molecule has 17 heavy (non-hydrogen) atoms. The fraction of sp³-hybridized carbons (Fsp3) is 0.692. The fourth-order valence-corrected chi connectivity index (χ4v) is 1.78. The van der Waals surface area contributed by atoms with E-state index < -0.39 is 0 Å². The van der Waals surface area contributed by atoms with Crippen molar-refractivity contribution < 1.29 is 0 Å². The Kier molecular flexibility index (Phi) is 6.37. The molecule has 0 atom stereocenters. The molecule has 0 aliphatic rings. The highest BCUT2D eigenvalue weighted by Crippen LogP contribution is 2.05. The van der Waals surface area contributed by atoms with Crippen LogP contribution in [0.3, 0.4) is 0 Å². The van der Waals surface area contributed by atoms with Crippen molar-refractivity contribution >= 4 is 5.69 Å². The van der Waals surface area contributed by atoms with Crippen molar-refractivity contribution in [2.24, 2.45) is 0 Å². The molecule has 1 N–H and O–H groups in total. The van der Waals surface area contributed by atoms with Gasteiger partial charge in [0.15, 0.2) is 0 Å². The van der Waals surface area contributed by atoms with Crippen molar-refractivity contribution in [2.75, 3.05) is 12.4 Å². The lowest BCUT2D eigenvalue weighted by atomic mass is 10.1. The molecule has 0 aliphatic carbocycles. The Morgan fingerprint density at radius 3 is 2.59 bits per heavy atom. The summed E-state index contributed by atoms with van der Waals surface area (Å²) in [4.78, 5) is 11.6. The molecule has 1 aromatic heterocycles. The minimum atomic E-state index is -0.0228. The van der Waals surface area contributed by atoms with Gasteiger partial charge in [0, 0.05) is 19.7 Å². The van der Waals surface area contributed by atoms with Crippen molar-refractivity contribution in [3.05, 3.63) is 22.6 Å². The Bertz CT molecular complexity index is 373. The zero-order chi connectivity index (χ0) is 12.5. The summed E-state index contributed by atoms with van der Waals surface area (Å²) in [6.07, 6.45) is 9.06. The molecule has 0 bridgehead atoms. The number of anilines is 1. The standard InChI is InChI=1S/C13H23N3O/c1-3-4-5-6-7-8-9-16-13(17)10-12(14-2)11-15-16/h10-11,14H,3-9H2,1-2H3. The summed E-state index contributed by atoms with van der Waals surface area (Å²) in [5.74, 6) is 0. The van der Waals surface area contributed by atoms with Gasteiger partial charge in [0.2, 0.25) is 0 Å². The van der Waals surface area contributed by atoms with E-state index in [0.717, 1.165) is 18.7 Å². The smallest absolute Gasteiger partial charge is 0.268 e. The van der Waals surface area contributed by atoms with E-state index in [-0.39, 0.29) is 5.56 Å². The number of rotatable bonds is 8. The highest BCUT2D eigenvalue weighted by atomic mass is 16.1. The van der Waals surface area contributed by atoms with E-state index >= 15 is 0 Å². The molecule has 0 aromatic carbocycles. The molecule has 1 rings (SSSR count). The summed E-state index contributed by atoms with van der Waals surface area (Å²) in [5.41, 5.74) is 0.750. The molecule has 0 fully saturated rings. The first-order valence-corrected chi connectivity index (χ1v) is 6.53. The summed E-state index contributed by atoms with van der Waals surface area (Å²) < 4.78 is 1.54. The van der Waals surface area contributed by atoms with Crippen LogP contribution in [0, 0.1) is 0 Å². The first-order valence-electron chi connectivity index (χ1n) is 6.53. The second kappa shape index (κ2) is 7.87. The zero-order valence-corrected chi connectivity index (χ0v) is 10.9. The lowest BCUT2D eigenvalue weighted by Gasteiger charge is -2.05. The maximum absolute atomic E-state index is 11.6. The van der Waals surface area contributed by atoms with Gasteiger partial charge in [0.25, 0.3) is 5.56 Å². The molecule has 0 amide bonds. The third-order valence-electron chi connectivity index (χ3n) is 2.88. The van der Waals surface area contributed by atoms with Gasteiger partial charge in [-0.05, 0) is 6.42 Å². The first kappa shape index (κ1) is 13.7. The van der Waals surface area contributed by atoms with Crippen LogP contribution in [0.4, 0.5) is 5.69 Å². The van der Waals surface area contributed by atoms with Crippen LogP contribution in [-0.2, 0) is 6.54 Å². The number of nitrogens with zero attached hydrogens (tertiary/aromatic N) is 2. The minimum Gasteiger partial charge on any atom is -0.387 e. The number of hydrogen-bond acceptors (Lipinski definition) is 3. The number of aryl methyl sites for hydroxylation is 1. The molecule has 0 radical (unpaired) electrons. The minimum absolute atomic E-state index is 0.0228. The Morgan fingerprint density at radius 1 is 1.24 bits per heavy atom. The molecular formula is C13H23N3O. The van der Waals surface area contributed by atoms with E-state index in [4.69, 9.17) is 0 Å². The van der Waals surface area contributed by atoms with Crippen LogP contribution in [0.25, 0.3) is 0 Å². The van der Waals surface area contributed by atoms with Crippen LogP contribution in [0.15, 0.2) is 17.1 Å². The van der Waals surface area contributed by atoms with Crippen LogP contribution in [0.2, 0.25) is 0 Å². The summed E-state index contributed by atoms with van der Waals surface area (Å²) in [6, 6.07) is 1.59. The van der Waals surface area contributed by atoms with Crippen molar-refractivity contribution in [3.63, 3.8) is 0 Å². The van der Waals surface area contributed by atoms with Crippen molar-refractivity contribution in [1.82, 2.24) is 9.78 Å². The highest BCUT2D eigenvalue weighted by Gasteiger charge is 1.98. The second-order valence-electron chi connectivity index (χ2n) is 4.32. The van der Waals surface area contributed by atoms with E-state index in [1.165, 1.54) is 32.1 Å². The molecule has 0 saturated carbocycles. The summed E-state index contributed by atoms with van der Waals surface area (Å²) in [5, 5.41) is 7.03. The van der Waals surface area contributed by atoms with E-state index in [9.17, 15) is 4.79 Å².